The van der Waals surface area contributed by atoms with Gasteiger partial charge < -0.3 is 5.21 Å². The topological polar surface area (TPSA) is 32.6 Å². The third kappa shape index (κ3) is 1.86. The third-order valence-corrected chi connectivity index (χ3v) is 8.30. The van der Waals surface area contributed by atoms with Gasteiger partial charge in [0.25, 0.3) is 0 Å². The van der Waals surface area contributed by atoms with E-state index in [1.165, 1.54) is 57.8 Å². The molecule has 2 nitrogen and oxygen atoms in total. The van der Waals surface area contributed by atoms with Gasteiger partial charge in [-0.25, -0.2) is 0 Å². The largest absolute Gasteiger partial charge is 0.411 e. The highest BCUT2D eigenvalue weighted by Crippen LogP contribution is 2.65. The summed E-state index contributed by atoms with van der Waals surface area (Å²) >= 11 is 0. The average molecular weight is 289 g/mol. The first-order valence-electron chi connectivity index (χ1n) is 9.29. The molecule has 2 heteroatoms. The van der Waals surface area contributed by atoms with Crippen molar-refractivity contribution in [1.82, 2.24) is 0 Å². The molecular weight excluding hydrogens is 258 g/mol. The molecule has 0 aromatic rings. The van der Waals surface area contributed by atoms with Crippen LogP contribution in [0.4, 0.5) is 0 Å². The summed E-state index contributed by atoms with van der Waals surface area (Å²) in [5.41, 5.74) is 2.18. The molecule has 0 amide bonds. The lowest BCUT2D eigenvalue weighted by Crippen LogP contribution is -2.55. The normalized spacial score (nSPS) is 54.9. The maximum Gasteiger partial charge on any atom is 0.0610 e. The second-order valence-electron chi connectivity index (χ2n) is 9.06. The van der Waals surface area contributed by atoms with Gasteiger partial charge in [0.05, 0.1) is 5.71 Å². The maximum absolute atomic E-state index is 9.63. The van der Waals surface area contributed by atoms with Gasteiger partial charge in [0.1, 0.15) is 0 Å². The van der Waals surface area contributed by atoms with Crippen LogP contribution in [0.5, 0.6) is 0 Å². The van der Waals surface area contributed by atoms with Crippen molar-refractivity contribution in [1.29, 1.82) is 0 Å². The van der Waals surface area contributed by atoms with E-state index in [-0.39, 0.29) is 0 Å². The summed E-state index contributed by atoms with van der Waals surface area (Å²) in [6, 6.07) is 0. The summed E-state index contributed by atoms with van der Waals surface area (Å²) in [4.78, 5) is 0. The quantitative estimate of drug-likeness (QED) is 0.479. The molecule has 0 aliphatic heterocycles. The fourth-order valence-corrected chi connectivity index (χ4v) is 7.23. The number of rotatable bonds is 0. The molecule has 0 unspecified atom stereocenters. The number of hydrogen-bond donors (Lipinski definition) is 1. The molecule has 0 radical (unpaired) electrons. The zero-order chi connectivity index (χ0) is 14.7. The molecule has 0 saturated heterocycles. The average Bonchev–Trinajstić information content (AvgIpc) is 2.87. The number of oxime groups is 1. The van der Waals surface area contributed by atoms with Crippen LogP contribution in [0.3, 0.4) is 0 Å². The van der Waals surface area contributed by atoms with Gasteiger partial charge in [-0.2, -0.15) is 0 Å². The summed E-state index contributed by atoms with van der Waals surface area (Å²) in [5.74, 6) is 3.16. The van der Waals surface area contributed by atoms with E-state index in [9.17, 15) is 5.21 Å². The second-order valence-corrected chi connectivity index (χ2v) is 9.06. The van der Waals surface area contributed by atoms with Crippen molar-refractivity contribution in [2.45, 2.75) is 78.1 Å². The van der Waals surface area contributed by atoms with E-state index in [1.54, 1.807) is 0 Å². The highest BCUT2D eigenvalue weighted by molar-refractivity contribution is 5.88. The summed E-state index contributed by atoms with van der Waals surface area (Å²) in [6.07, 6.45) is 13.6. The summed E-state index contributed by atoms with van der Waals surface area (Å²) in [5, 5.41) is 13.4. The SMILES string of the molecule is C[C@@]12CCC[C@H]1[C@@H]1C/C(=N/O)[C@H]3CCCC[C@]3(C)[C@H]1CC2. The molecule has 6 atom stereocenters. The van der Waals surface area contributed by atoms with Crippen LogP contribution in [0.15, 0.2) is 5.16 Å². The molecule has 0 aromatic heterocycles. The standard InChI is InChI=1S/C19H31NO/c1-18-9-5-7-14(18)13-12-17(20-21)16-6-3-4-10-19(16,2)15(13)8-11-18/h13-16,21H,3-12H2,1-2H3/b20-17-/t13-,14-,15-,16+,18-,19+/m0/s1. The van der Waals surface area contributed by atoms with Crippen LogP contribution >= 0.6 is 0 Å². The van der Waals surface area contributed by atoms with E-state index in [2.05, 4.69) is 19.0 Å². The monoisotopic (exact) mass is 289 g/mol. The Morgan fingerprint density at radius 1 is 0.952 bits per heavy atom. The first kappa shape index (κ1) is 14.1. The molecule has 0 heterocycles. The van der Waals surface area contributed by atoms with E-state index in [4.69, 9.17) is 0 Å². The Bertz CT molecular complexity index is 458. The van der Waals surface area contributed by atoms with Gasteiger partial charge in [0.15, 0.2) is 0 Å². The van der Waals surface area contributed by atoms with Crippen LogP contribution in [-0.4, -0.2) is 10.9 Å². The molecule has 1 N–H and O–H groups in total. The van der Waals surface area contributed by atoms with Crippen molar-refractivity contribution < 1.29 is 5.21 Å². The molecule has 118 valence electrons. The molecule has 0 spiro atoms. The van der Waals surface area contributed by atoms with E-state index in [0.717, 1.165) is 29.9 Å². The van der Waals surface area contributed by atoms with Gasteiger partial charge in [0.2, 0.25) is 0 Å². The van der Waals surface area contributed by atoms with Gasteiger partial charge >= 0.3 is 0 Å². The van der Waals surface area contributed by atoms with Crippen LogP contribution in [0.1, 0.15) is 78.1 Å². The maximum atomic E-state index is 9.63. The Morgan fingerprint density at radius 3 is 2.62 bits per heavy atom. The number of fused-ring (bicyclic) bond motifs is 5. The van der Waals surface area contributed by atoms with Crippen molar-refractivity contribution in [3.05, 3.63) is 0 Å². The first-order chi connectivity index (χ1) is 10.1. The zero-order valence-electron chi connectivity index (χ0n) is 13.8. The van der Waals surface area contributed by atoms with Gasteiger partial charge in [-0.15, -0.1) is 0 Å². The van der Waals surface area contributed by atoms with Crippen molar-refractivity contribution in [2.24, 2.45) is 39.7 Å². The Kier molecular flexibility index (Phi) is 3.17. The van der Waals surface area contributed by atoms with E-state index >= 15 is 0 Å². The van der Waals surface area contributed by atoms with Gasteiger partial charge in [0, 0.05) is 5.92 Å². The Hall–Kier alpha value is -0.530. The molecule has 0 aromatic carbocycles. The Labute approximate surface area is 129 Å². The van der Waals surface area contributed by atoms with E-state index in [0.29, 0.717) is 16.7 Å². The highest BCUT2D eigenvalue weighted by Gasteiger charge is 2.58. The van der Waals surface area contributed by atoms with Crippen molar-refractivity contribution in [3.63, 3.8) is 0 Å². The minimum absolute atomic E-state index is 0.423. The van der Waals surface area contributed by atoms with Crippen LogP contribution in [0.2, 0.25) is 0 Å². The first-order valence-corrected chi connectivity index (χ1v) is 9.29. The molecule has 4 rings (SSSR count). The lowest BCUT2D eigenvalue weighted by molar-refractivity contribution is -0.0642. The van der Waals surface area contributed by atoms with Crippen molar-refractivity contribution in [2.75, 3.05) is 0 Å². The van der Waals surface area contributed by atoms with E-state index in [1.807, 2.05) is 0 Å². The molecule has 4 aliphatic rings. The van der Waals surface area contributed by atoms with Crippen LogP contribution in [0, 0.1) is 34.5 Å². The molecule has 0 bridgehead atoms. The van der Waals surface area contributed by atoms with Crippen molar-refractivity contribution >= 4 is 5.71 Å². The highest BCUT2D eigenvalue weighted by atomic mass is 16.4. The predicted octanol–water partition coefficient (Wildman–Crippen LogP) is 5.25. The zero-order valence-corrected chi connectivity index (χ0v) is 13.8. The third-order valence-electron chi connectivity index (χ3n) is 8.30. The second kappa shape index (κ2) is 4.73. The summed E-state index contributed by atoms with van der Waals surface area (Å²) in [7, 11) is 0. The fraction of sp³-hybridized carbons (Fsp3) is 0.947. The van der Waals surface area contributed by atoms with E-state index < -0.39 is 0 Å². The molecule has 4 fully saturated rings. The van der Waals surface area contributed by atoms with Gasteiger partial charge in [-0.05, 0) is 73.5 Å². The van der Waals surface area contributed by atoms with Gasteiger partial charge in [-0.3, -0.25) is 0 Å². The molecule has 4 aliphatic carbocycles. The Morgan fingerprint density at radius 2 is 1.81 bits per heavy atom. The minimum Gasteiger partial charge on any atom is -0.411 e. The minimum atomic E-state index is 0.423. The van der Waals surface area contributed by atoms with Gasteiger partial charge in [-0.1, -0.05) is 38.3 Å². The van der Waals surface area contributed by atoms with Crippen LogP contribution in [-0.2, 0) is 0 Å². The summed E-state index contributed by atoms with van der Waals surface area (Å²) < 4.78 is 0. The van der Waals surface area contributed by atoms with Crippen LogP contribution in [0.25, 0.3) is 0 Å². The molecule has 21 heavy (non-hydrogen) atoms. The summed E-state index contributed by atoms with van der Waals surface area (Å²) in [6.45, 7) is 5.09. The lowest BCUT2D eigenvalue weighted by atomic mass is 9.45. The van der Waals surface area contributed by atoms with Crippen LogP contribution < -0.4 is 0 Å². The number of hydrogen-bond acceptors (Lipinski definition) is 2. The number of nitrogens with zero attached hydrogens (tertiary/aromatic N) is 1. The van der Waals surface area contributed by atoms with Crippen molar-refractivity contribution in [3.8, 4) is 0 Å². The fourth-order valence-electron chi connectivity index (χ4n) is 7.23. The predicted molar refractivity (Wildman–Crippen MR) is 85.6 cm³/mol. The molecular formula is C19H31NO. The Balaban J connectivity index is 1.72. The molecule has 4 saturated carbocycles. The lowest BCUT2D eigenvalue weighted by Gasteiger charge is -2.59. The smallest absolute Gasteiger partial charge is 0.0610 e.